The van der Waals surface area contributed by atoms with Gasteiger partial charge in [-0.3, -0.25) is 4.98 Å². The fourth-order valence-electron chi connectivity index (χ4n) is 6.62. The first-order valence-electron chi connectivity index (χ1n) is 15.0. The number of piperazine rings is 2. The standard InChI is InChI=1S/C30H33N11O2S/c1-30(17-43-18-30)34-24-11-25(26-4-3-20-9-19(12-31)13-33-41(20)26)32-14-23(24)27-35-36-28(44-27)39-15-21-10-22(16-39)40(21)29(42)38-7-5-37(2)6-8-38/h3-4,9,11,13-14,21-22H,5-8,10,15-18H2,1-2H3,(H,32,34). The second-order valence-corrected chi connectivity index (χ2v) is 13.5. The van der Waals surface area contributed by atoms with Crippen molar-refractivity contribution in [2.45, 2.75) is 31.0 Å². The van der Waals surface area contributed by atoms with E-state index in [2.05, 4.69) is 55.4 Å². The summed E-state index contributed by atoms with van der Waals surface area (Å²) < 4.78 is 7.32. The Kier molecular flexibility index (Phi) is 6.44. The number of pyridine rings is 1. The van der Waals surface area contributed by atoms with Crippen LogP contribution in [0.3, 0.4) is 0 Å². The number of hydrogen-bond donors (Lipinski definition) is 1. The predicted molar refractivity (Wildman–Crippen MR) is 166 cm³/mol. The summed E-state index contributed by atoms with van der Waals surface area (Å²) in [6.45, 7) is 8.33. The molecule has 2 atom stereocenters. The molecule has 4 aromatic heterocycles. The van der Waals surface area contributed by atoms with Crippen LogP contribution in [0.1, 0.15) is 18.9 Å². The molecule has 9 heterocycles. The summed E-state index contributed by atoms with van der Waals surface area (Å²) in [5.41, 5.74) is 4.50. The van der Waals surface area contributed by atoms with Crippen LogP contribution in [0.15, 0.2) is 36.7 Å². The normalized spacial score (nSPS) is 22.8. The van der Waals surface area contributed by atoms with Crippen LogP contribution in [0.5, 0.6) is 0 Å². The van der Waals surface area contributed by atoms with Crippen LogP contribution >= 0.6 is 11.3 Å². The number of likely N-dealkylation sites (N-methyl/N-ethyl adjacent to an activating group) is 1. The minimum absolute atomic E-state index is 0.184. The number of urea groups is 1. The van der Waals surface area contributed by atoms with Crippen molar-refractivity contribution in [3.05, 3.63) is 42.2 Å². The largest absolute Gasteiger partial charge is 0.376 e. The van der Waals surface area contributed by atoms with Gasteiger partial charge in [0, 0.05) is 51.2 Å². The van der Waals surface area contributed by atoms with Gasteiger partial charge in [-0.25, -0.2) is 9.31 Å². The van der Waals surface area contributed by atoms with Crippen molar-refractivity contribution < 1.29 is 9.53 Å². The van der Waals surface area contributed by atoms with Crippen molar-refractivity contribution in [3.63, 3.8) is 0 Å². The van der Waals surface area contributed by atoms with Crippen LogP contribution in [-0.2, 0) is 4.74 Å². The molecule has 44 heavy (non-hydrogen) atoms. The van der Waals surface area contributed by atoms with Crippen LogP contribution in [0.4, 0.5) is 15.6 Å². The van der Waals surface area contributed by atoms with Crippen molar-refractivity contribution in [2.24, 2.45) is 0 Å². The highest BCUT2D eigenvalue weighted by molar-refractivity contribution is 7.18. The molecule has 0 saturated carbocycles. The summed E-state index contributed by atoms with van der Waals surface area (Å²) in [4.78, 5) is 26.7. The van der Waals surface area contributed by atoms with E-state index in [-0.39, 0.29) is 23.7 Å². The minimum atomic E-state index is -0.198. The predicted octanol–water partition coefficient (Wildman–Crippen LogP) is 2.62. The molecular weight excluding hydrogens is 578 g/mol. The molecule has 14 heteroatoms. The van der Waals surface area contributed by atoms with Gasteiger partial charge in [-0.05, 0) is 44.7 Å². The molecule has 9 rings (SSSR count). The van der Waals surface area contributed by atoms with E-state index >= 15 is 0 Å². The molecule has 0 spiro atoms. The maximum atomic E-state index is 13.3. The second kappa shape index (κ2) is 10.4. The van der Waals surface area contributed by atoms with Gasteiger partial charge in [-0.2, -0.15) is 10.4 Å². The van der Waals surface area contributed by atoms with Gasteiger partial charge in [0.1, 0.15) is 6.07 Å². The summed E-state index contributed by atoms with van der Waals surface area (Å²) in [6, 6.07) is 10.5. The Morgan fingerprint density at radius 3 is 2.64 bits per heavy atom. The lowest BCUT2D eigenvalue weighted by Crippen LogP contribution is -2.72. The molecule has 0 radical (unpaired) electrons. The van der Waals surface area contributed by atoms with Crippen molar-refractivity contribution in [3.8, 4) is 28.0 Å². The highest BCUT2D eigenvalue weighted by atomic mass is 32.1. The Morgan fingerprint density at radius 2 is 1.91 bits per heavy atom. The van der Waals surface area contributed by atoms with Gasteiger partial charge in [-0.1, -0.05) is 11.3 Å². The summed E-state index contributed by atoms with van der Waals surface area (Å²) >= 11 is 1.55. The van der Waals surface area contributed by atoms with E-state index in [1.54, 1.807) is 22.0 Å². The lowest BCUT2D eigenvalue weighted by Gasteiger charge is -2.57. The average molecular weight is 612 g/mol. The van der Waals surface area contributed by atoms with Gasteiger partial charge >= 0.3 is 6.03 Å². The van der Waals surface area contributed by atoms with Gasteiger partial charge in [0.25, 0.3) is 0 Å². The molecule has 2 amide bonds. The van der Waals surface area contributed by atoms with E-state index in [1.807, 2.05) is 35.4 Å². The van der Waals surface area contributed by atoms with Crippen molar-refractivity contribution in [2.75, 3.05) is 69.7 Å². The number of piperidine rings is 1. The molecule has 1 N–H and O–H groups in total. The van der Waals surface area contributed by atoms with Gasteiger partial charge < -0.3 is 29.7 Å². The topological polar surface area (TPSA) is 131 Å². The smallest absolute Gasteiger partial charge is 0.320 e. The highest BCUT2D eigenvalue weighted by Gasteiger charge is 2.49. The van der Waals surface area contributed by atoms with Gasteiger partial charge in [0.15, 0.2) is 5.01 Å². The average Bonchev–Trinajstić information content (AvgIpc) is 3.68. The quantitative estimate of drug-likeness (QED) is 0.359. The molecule has 4 aromatic rings. The maximum absolute atomic E-state index is 13.3. The minimum Gasteiger partial charge on any atom is -0.376 e. The number of hydrogen-bond acceptors (Lipinski definition) is 11. The lowest BCUT2D eigenvalue weighted by atomic mass is 9.88. The third kappa shape index (κ3) is 4.63. The van der Waals surface area contributed by atoms with E-state index in [4.69, 9.17) is 9.72 Å². The Bertz CT molecular complexity index is 1770. The van der Waals surface area contributed by atoms with Crippen molar-refractivity contribution in [1.82, 2.24) is 39.5 Å². The van der Waals surface area contributed by atoms with Gasteiger partial charge in [0.2, 0.25) is 5.13 Å². The Labute approximate surface area is 258 Å². The molecule has 2 unspecified atom stereocenters. The van der Waals surface area contributed by atoms with Crippen molar-refractivity contribution in [1.29, 1.82) is 5.26 Å². The molecule has 5 aliphatic rings. The molecule has 0 aromatic carbocycles. The maximum Gasteiger partial charge on any atom is 0.320 e. The van der Waals surface area contributed by atoms with E-state index in [9.17, 15) is 10.1 Å². The fraction of sp³-hybridized carbons (Fsp3) is 0.467. The first kappa shape index (κ1) is 27.2. The number of rotatable bonds is 5. The summed E-state index contributed by atoms with van der Waals surface area (Å²) in [5, 5.41) is 28.3. The number of nitrogens with zero attached hydrogens (tertiary/aromatic N) is 10. The summed E-state index contributed by atoms with van der Waals surface area (Å²) in [7, 11) is 2.11. The first-order chi connectivity index (χ1) is 21.4. The zero-order valence-corrected chi connectivity index (χ0v) is 25.5. The fourth-order valence-corrected chi connectivity index (χ4v) is 7.51. The Hall–Kier alpha value is -4.32. The number of nitriles is 1. The highest BCUT2D eigenvalue weighted by Crippen LogP contribution is 2.40. The number of fused-ring (bicyclic) bond motifs is 3. The second-order valence-electron chi connectivity index (χ2n) is 12.5. The van der Waals surface area contributed by atoms with Crippen LogP contribution in [-0.4, -0.2) is 123 Å². The van der Waals surface area contributed by atoms with Gasteiger partial charge in [0.05, 0.1) is 65.1 Å². The monoisotopic (exact) mass is 611 g/mol. The SMILES string of the molecule is CN1CCN(C(=O)N2C3CC2CN(c2nnc(-c4cnc(-c5ccc6cc(C#N)cnn56)cc4NC4(C)COC4)s2)C3)CC1. The zero-order valence-electron chi connectivity index (χ0n) is 24.7. The number of anilines is 2. The number of nitrogens with one attached hydrogen (secondary N) is 1. The number of aromatic nitrogens is 5. The summed E-state index contributed by atoms with van der Waals surface area (Å²) in [6.07, 6.45) is 4.45. The number of ether oxygens (including phenoxy) is 1. The first-order valence-corrected chi connectivity index (χ1v) is 15.8. The Morgan fingerprint density at radius 1 is 1.11 bits per heavy atom. The number of carbonyl (C=O) groups is 1. The molecule has 0 aliphatic carbocycles. The van der Waals surface area contributed by atoms with E-state index in [0.717, 1.165) is 84.0 Å². The molecule has 5 aliphatic heterocycles. The van der Waals surface area contributed by atoms with Crippen LogP contribution in [0.25, 0.3) is 27.5 Å². The third-order valence-corrected chi connectivity index (χ3v) is 10.2. The molecule has 5 saturated heterocycles. The molecular formula is C30H33N11O2S. The Balaban J connectivity index is 1.04. The van der Waals surface area contributed by atoms with Crippen LogP contribution in [0, 0.1) is 11.3 Å². The van der Waals surface area contributed by atoms with Crippen LogP contribution in [0.2, 0.25) is 0 Å². The number of carbonyl (C=O) groups excluding carboxylic acids is 1. The van der Waals surface area contributed by atoms with Crippen molar-refractivity contribution >= 4 is 33.7 Å². The lowest BCUT2D eigenvalue weighted by molar-refractivity contribution is -0.0318. The van der Waals surface area contributed by atoms with Gasteiger partial charge in [-0.15, -0.1) is 10.2 Å². The number of amides is 2. The molecule has 226 valence electrons. The van der Waals surface area contributed by atoms with Crippen LogP contribution < -0.4 is 10.2 Å². The van der Waals surface area contributed by atoms with E-state index < -0.39 is 0 Å². The molecule has 5 fully saturated rings. The molecule has 13 nitrogen and oxygen atoms in total. The van der Waals surface area contributed by atoms with E-state index in [1.165, 1.54) is 0 Å². The summed E-state index contributed by atoms with van der Waals surface area (Å²) in [5.74, 6) is 0. The zero-order chi connectivity index (χ0) is 30.0. The third-order valence-electron chi connectivity index (χ3n) is 9.18. The molecule has 2 bridgehead atoms. The van der Waals surface area contributed by atoms with E-state index in [0.29, 0.717) is 18.8 Å².